The Bertz CT molecular complexity index is 283. The van der Waals surface area contributed by atoms with Gasteiger partial charge in [0.25, 0.3) is 0 Å². The topological polar surface area (TPSA) is 58.4 Å². The number of rotatable bonds is 5. The number of carbonyl (C=O) groups is 1. The van der Waals surface area contributed by atoms with Gasteiger partial charge in [-0.25, -0.2) is 4.79 Å². The summed E-state index contributed by atoms with van der Waals surface area (Å²) >= 11 is 0. The van der Waals surface area contributed by atoms with Gasteiger partial charge >= 0.3 is 6.03 Å². The molecule has 0 unspecified atom stereocenters. The van der Waals surface area contributed by atoms with E-state index in [2.05, 4.69) is 12.2 Å². The van der Waals surface area contributed by atoms with Crippen LogP contribution in [0.5, 0.6) is 0 Å². The third-order valence-corrected chi connectivity index (χ3v) is 4.54. The molecule has 0 atom stereocenters. The first-order chi connectivity index (χ1) is 8.99. The lowest BCUT2D eigenvalue weighted by molar-refractivity contribution is 0.0706. The molecule has 1 fully saturated rings. The summed E-state index contributed by atoms with van der Waals surface area (Å²) in [4.78, 5) is 14.3. The van der Waals surface area contributed by atoms with Gasteiger partial charge in [0, 0.05) is 19.1 Å². The Morgan fingerprint density at radius 3 is 2.32 bits per heavy atom. The van der Waals surface area contributed by atoms with Gasteiger partial charge in [0.2, 0.25) is 0 Å². The lowest BCUT2D eigenvalue weighted by atomic mass is 9.74. The first-order valence-corrected chi connectivity index (χ1v) is 7.77. The lowest BCUT2D eigenvalue weighted by Crippen LogP contribution is -2.60. The van der Waals surface area contributed by atoms with Gasteiger partial charge in [-0.1, -0.05) is 13.3 Å². The molecule has 0 aromatic heterocycles. The monoisotopic (exact) mass is 269 g/mol. The van der Waals surface area contributed by atoms with E-state index >= 15 is 0 Å². The number of nitrogens with two attached hydrogens (primary N) is 1. The largest absolute Gasteiger partial charge is 0.336 e. The molecule has 1 aliphatic carbocycles. The van der Waals surface area contributed by atoms with E-state index in [1.54, 1.807) is 0 Å². The molecule has 0 heterocycles. The van der Waals surface area contributed by atoms with Crippen LogP contribution in [0.3, 0.4) is 0 Å². The first kappa shape index (κ1) is 16.3. The van der Waals surface area contributed by atoms with Gasteiger partial charge in [-0.05, 0) is 52.4 Å². The molecule has 0 aliphatic heterocycles. The highest BCUT2D eigenvalue weighted by Gasteiger charge is 2.40. The molecule has 0 spiro atoms. The normalized spacial score (nSPS) is 27.4. The smallest absolute Gasteiger partial charge is 0.318 e. The average molecular weight is 269 g/mol. The Balaban J connectivity index is 2.78. The Labute approximate surface area is 118 Å². The Hall–Kier alpha value is -0.770. The predicted molar refractivity (Wildman–Crippen MR) is 80.1 cm³/mol. The van der Waals surface area contributed by atoms with Crippen molar-refractivity contribution in [3.05, 3.63) is 0 Å². The van der Waals surface area contributed by atoms with Crippen LogP contribution in [0.1, 0.15) is 59.8 Å². The highest BCUT2D eigenvalue weighted by molar-refractivity contribution is 5.75. The molecule has 0 bridgehead atoms. The van der Waals surface area contributed by atoms with Gasteiger partial charge in [-0.3, -0.25) is 0 Å². The molecule has 0 radical (unpaired) electrons. The summed E-state index contributed by atoms with van der Waals surface area (Å²) in [5.41, 5.74) is 5.92. The van der Waals surface area contributed by atoms with Crippen LogP contribution in [-0.2, 0) is 0 Å². The molecule has 2 amide bonds. The van der Waals surface area contributed by atoms with Crippen LogP contribution in [0, 0.1) is 5.92 Å². The first-order valence-electron chi connectivity index (χ1n) is 7.77. The maximum absolute atomic E-state index is 12.4. The van der Waals surface area contributed by atoms with Crippen LogP contribution < -0.4 is 11.1 Å². The van der Waals surface area contributed by atoms with Crippen molar-refractivity contribution in [3.63, 3.8) is 0 Å². The summed E-state index contributed by atoms with van der Waals surface area (Å²) < 4.78 is 0. The molecule has 0 saturated heterocycles. The maximum atomic E-state index is 12.4. The standard InChI is InChI=1S/C15H31N3O/c1-5-13-7-9-15(11-16,10-8-13)18(6-2)14(19)17-12(3)4/h12-13H,5-11,16H2,1-4H3,(H,17,19). The van der Waals surface area contributed by atoms with E-state index in [0.29, 0.717) is 6.54 Å². The number of amides is 2. The molecule has 19 heavy (non-hydrogen) atoms. The van der Waals surface area contributed by atoms with Gasteiger partial charge in [-0.15, -0.1) is 0 Å². The summed E-state index contributed by atoms with van der Waals surface area (Å²) in [6.07, 6.45) is 5.71. The van der Waals surface area contributed by atoms with E-state index in [1.807, 2.05) is 25.7 Å². The zero-order valence-corrected chi connectivity index (χ0v) is 13.0. The second-order valence-electron chi connectivity index (χ2n) is 6.13. The minimum absolute atomic E-state index is 0.0397. The second-order valence-corrected chi connectivity index (χ2v) is 6.13. The van der Waals surface area contributed by atoms with Crippen molar-refractivity contribution < 1.29 is 4.79 Å². The van der Waals surface area contributed by atoms with Crippen LogP contribution in [0.15, 0.2) is 0 Å². The summed E-state index contributed by atoms with van der Waals surface area (Å²) in [5.74, 6) is 0.812. The number of likely N-dealkylation sites (N-methyl/N-ethyl adjacent to an activating group) is 1. The molecule has 1 rings (SSSR count). The van der Waals surface area contributed by atoms with Crippen molar-refractivity contribution in [1.82, 2.24) is 10.2 Å². The van der Waals surface area contributed by atoms with Crippen molar-refractivity contribution in [2.45, 2.75) is 71.4 Å². The van der Waals surface area contributed by atoms with E-state index in [-0.39, 0.29) is 17.6 Å². The minimum atomic E-state index is -0.126. The van der Waals surface area contributed by atoms with Crippen molar-refractivity contribution in [3.8, 4) is 0 Å². The van der Waals surface area contributed by atoms with Crippen molar-refractivity contribution in [1.29, 1.82) is 0 Å². The van der Waals surface area contributed by atoms with Crippen LogP contribution in [0.25, 0.3) is 0 Å². The van der Waals surface area contributed by atoms with Gasteiger partial charge in [0.15, 0.2) is 0 Å². The molecular weight excluding hydrogens is 238 g/mol. The fourth-order valence-electron chi connectivity index (χ4n) is 3.23. The maximum Gasteiger partial charge on any atom is 0.318 e. The fourth-order valence-corrected chi connectivity index (χ4v) is 3.23. The highest BCUT2D eigenvalue weighted by atomic mass is 16.2. The summed E-state index contributed by atoms with van der Waals surface area (Å²) in [6, 6.07) is 0.209. The van der Waals surface area contributed by atoms with Crippen molar-refractivity contribution >= 4 is 6.03 Å². The van der Waals surface area contributed by atoms with Gasteiger partial charge in [0.1, 0.15) is 0 Å². The summed E-state index contributed by atoms with van der Waals surface area (Å²) in [5, 5.41) is 3.01. The zero-order chi connectivity index (χ0) is 14.5. The number of nitrogens with zero attached hydrogens (tertiary/aromatic N) is 1. The molecule has 1 saturated carbocycles. The zero-order valence-electron chi connectivity index (χ0n) is 13.0. The summed E-state index contributed by atoms with van der Waals surface area (Å²) in [6.45, 7) is 9.59. The minimum Gasteiger partial charge on any atom is -0.336 e. The van der Waals surface area contributed by atoms with Crippen LogP contribution in [-0.4, -0.2) is 35.6 Å². The van der Waals surface area contributed by atoms with Crippen LogP contribution in [0.2, 0.25) is 0 Å². The molecule has 4 heteroatoms. The van der Waals surface area contributed by atoms with E-state index in [4.69, 9.17) is 5.73 Å². The Morgan fingerprint density at radius 1 is 1.37 bits per heavy atom. The third kappa shape index (κ3) is 3.85. The Kier molecular flexibility index (Phi) is 6.11. The fraction of sp³-hybridized carbons (Fsp3) is 0.933. The highest BCUT2D eigenvalue weighted by Crippen LogP contribution is 2.37. The van der Waals surface area contributed by atoms with Gasteiger partial charge < -0.3 is 16.0 Å². The quantitative estimate of drug-likeness (QED) is 0.806. The summed E-state index contributed by atoms with van der Waals surface area (Å²) in [7, 11) is 0. The van der Waals surface area contributed by atoms with Gasteiger partial charge in [0.05, 0.1) is 5.54 Å². The van der Waals surface area contributed by atoms with Crippen molar-refractivity contribution in [2.75, 3.05) is 13.1 Å². The average Bonchev–Trinajstić information content (AvgIpc) is 2.39. The molecular formula is C15H31N3O. The van der Waals surface area contributed by atoms with Crippen LogP contribution in [0.4, 0.5) is 4.79 Å². The van der Waals surface area contributed by atoms with E-state index in [0.717, 1.165) is 25.3 Å². The van der Waals surface area contributed by atoms with Crippen molar-refractivity contribution in [2.24, 2.45) is 11.7 Å². The number of carbonyl (C=O) groups excluding carboxylic acids is 1. The van der Waals surface area contributed by atoms with E-state index in [9.17, 15) is 4.79 Å². The number of hydrogen-bond donors (Lipinski definition) is 2. The Morgan fingerprint density at radius 2 is 1.95 bits per heavy atom. The second kappa shape index (κ2) is 7.13. The molecule has 112 valence electrons. The predicted octanol–water partition coefficient (Wildman–Crippen LogP) is 2.72. The molecule has 0 aromatic carbocycles. The van der Waals surface area contributed by atoms with Gasteiger partial charge in [-0.2, -0.15) is 0 Å². The number of hydrogen-bond acceptors (Lipinski definition) is 2. The van der Waals surface area contributed by atoms with E-state index < -0.39 is 0 Å². The molecule has 0 aromatic rings. The van der Waals surface area contributed by atoms with Crippen LogP contribution >= 0.6 is 0 Å². The lowest BCUT2D eigenvalue weighted by Gasteiger charge is -2.47. The number of nitrogens with one attached hydrogen (secondary N) is 1. The van der Waals surface area contributed by atoms with E-state index in [1.165, 1.54) is 19.3 Å². The number of urea groups is 1. The molecule has 1 aliphatic rings. The molecule has 4 nitrogen and oxygen atoms in total. The SMILES string of the molecule is CCC1CCC(CN)(N(CC)C(=O)NC(C)C)CC1. The molecule has 3 N–H and O–H groups in total. The third-order valence-electron chi connectivity index (χ3n) is 4.54.